The number of aromatic hydroxyl groups is 1. The van der Waals surface area contributed by atoms with Crippen LogP contribution in [0.15, 0.2) is 80.5 Å². The van der Waals surface area contributed by atoms with E-state index in [-0.39, 0.29) is 11.7 Å². The molecule has 5 nitrogen and oxygen atoms in total. The summed E-state index contributed by atoms with van der Waals surface area (Å²) >= 11 is 6.38. The van der Waals surface area contributed by atoms with Crippen LogP contribution >= 0.6 is 39.0 Å². The topological polar surface area (TPSA) is 74.6 Å². The molecular formula is C24H20BrN3O2S2. The van der Waals surface area contributed by atoms with E-state index in [0.29, 0.717) is 17.9 Å². The minimum atomic E-state index is 0.00399. The van der Waals surface area contributed by atoms with Crippen molar-refractivity contribution in [3.63, 3.8) is 0 Å². The number of hydrogen-bond acceptors (Lipinski definition) is 6. The highest BCUT2D eigenvalue weighted by Gasteiger charge is 2.08. The Balaban J connectivity index is 1.33. The van der Waals surface area contributed by atoms with Crippen molar-refractivity contribution in [2.24, 2.45) is 4.99 Å². The second-order valence-electron chi connectivity index (χ2n) is 6.97. The second-order valence-corrected chi connectivity index (χ2v) is 10.1. The number of carbonyl (C=O) groups is 1. The number of rotatable bonds is 8. The van der Waals surface area contributed by atoms with Gasteiger partial charge in [0.2, 0.25) is 5.91 Å². The Morgan fingerprint density at radius 1 is 1.16 bits per heavy atom. The molecule has 3 aromatic carbocycles. The van der Waals surface area contributed by atoms with Crippen molar-refractivity contribution in [2.45, 2.75) is 10.8 Å². The summed E-state index contributed by atoms with van der Waals surface area (Å²) in [7, 11) is 0. The summed E-state index contributed by atoms with van der Waals surface area (Å²) in [6.07, 6.45) is 2.46. The third-order valence-electron chi connectivity index (χ3n) is 4.60. The highest BCUT2D eigenvalue weighted by atomic mass is 79.9. The molecule has 0 bridgehead atoms. The summed E-state index contributed by atoms with van der Waals surface area (Å²) in [6.45, 7) is 0.623. The zero-order chi connectivity index (χ0) is 22.3. The van der Waals surface area contributed by atoms with Gasteiger partial charge in [-0.1, -0.05) is 58.0 Å². The lowest BCUT2D eigenvalue weighted by atomic mass is 10.1. The summed E-state index contributed by atoms with van der Waals surface area (Å²) in [6, 6.07) is 21.1. The van der Waals surface area contributed by atoms with E-state index in [4.69, 9.17) is 0 Å². The van der Waals surface area contributed by atoms with Crippen LogP contribution in [0.2, 0.25) is 0 Å². The molecule has 8 heteroatoms. The van der Waals surface area contributed by atoms with Crippen molar-refractivity contribution in [3.8, 4) is 5.75 Å². The number of thioether (sulfide) groups is 1. The molecule has 0 fully saturated rings. The Morgan fingerprint density at radius 2 is 2.00 bits per heavy atom. The molecule has 0 aliphatic rings. The number of phenols is 1. The van der Waals surface area contributed by atoms with Gasteiger partial charge >= 0.3 is 0 Å². The first-order valence-corrected chi connectivity index (χ1v) is 12.5. The van der Waals surface area contributed by atoms with Crippen molar-refractivity contribution in [1.82, 2.24) is 10.3 Å². The molecule has 1 heterocycles. The van der Waals surface area contributed by atoms with Crippen molar-refractivity contribution in [3.05, 3.63) is 82.3 Å². The molecule has 0 saturated carbocycles. The van der Waals surface area contributed by atoms with Gasteiger partial charge in [0.25, 0.3) is 0 Å². The Kier molecular flexibility index (Phi) is 7.57. The number of phenolic OH excluding ortho intramolecular Hbond substituents is 1. The lowest BCUT2D eigenvalue weighted by Gasteiger charge is -2.04. The van der Waals surface area contributed by atoms with Crippen LogP contribution in [-0.4, -0.2) is 34.5 Å². The summed E-state index contributed by atoms with van der Waals surface area (Å²) in [5.41, 5.74) is 3.50. The number of hydrogen-bond donors (Lipinski definition) is 2. The monoisotopic (exact) mass is 525 g/mol. The van der Waals surface area contributed by atoms with Crippen LogP contribution in [0.3, 0.4) is 0 Å². The molecule has 0 aliphatic heterocycles. The maximum Gasteiger partial charge on any atom is 0.230 e. The van der Waals surface area contributed by atoms with Crippen molar-refractivity contribution >= 4 is 67.1 Å². The largest absolute Gasteiger partial charge is 0.507 e. The highest BCUT2D eigenvalue weighted by Crippen LogP contribution is 2.32. The number of benzene rings is 3. The van der Waals surface area contributed by atoms with E-state index >= 15 is 0 Å². The smallest absolute Gasteiger partial charge is 0.230 e. The van der Waals surface area contributed by atoms with E-state index in [2.05, 4.69) is 43.4 Å². The first kappa shape index (κ1) is 22.5. The Bertz CT molecular complexity index is 1260. The molecule has 0 saturated heterocycles. The maximum absolute atomic E-state index is 12.1. The Morgan fingerprint density at radius 3 is 2.84 bits per heavy atom. The molecule has 2 N–H and O–H groups in total. The van der Waals surface area contributed by atoms with E-state index in [0.717, 1.165) is 31.1 Å². The van der Waals surface area contributed by atoms with Gasteiger partial charge in [0.15, 0.2) is 4.34 Å². The molecule has 0 radical (unpaired) electrons. The van der Waals surface area contributed by atoms with Gasteiger partial charge in [0.1, 0.15) is 5.75 Å². The van der Waals surface area contributed by atoms with Gasteiger partial charge in [-0.05, 0) is 48.4 Å². The number of thiazole rings is 1. The van der Waals surface area contributed by atoms with Gasteiger partial charge in [0.05, 0.1) is 21.7 Å². The first-order valence-electron chi connectivity index (χ1n) is 9.93. The van der Waals surface area contributed by atoms with Gasteiger partial charge in [-0.3, -0.25) is 9.79 Å². The molecule has 32 heavy (non-hydrogen) atoms. The number of nitrogens with zero attached hydrogens (tertiary/aromatic N) is 2. The van der Waals surface area contributed by atoms with Crippen LogP contribution in [0.25, 0.3) is 10.2 Å². The van der Waals surface area contributed by atoms with E-state index < -0.39 is 0 Å². The zero-order valence-electron chi connectivity index (χ0n) is 17.0. The van der Waals surface area contributed by atoms with E-state index in [9.17, 15) is 9.90 Å². The molecule has 162 valence electrons. The summed E-state index contributed by atoms with van der Waals surface area (Å²) in [5.74, 6) is 0.516. The third-order valence-corrected chi connectivity index (χ3v) is 7.25. The Hall–Kier alpha value is -2.68. The number of aromatic nitrogens is 1. The normalized spacial score (nSPS) is 11.3. The van der Waals surface area contributed by atoms with E-state index in [1.54, 1.807) is 29.7 Å². The van der Waals surface area contributed by atoms with Gasteiger partial charge in [-0.2, -0.15) is 0 Å². The lowest BCUT2D eigenvalue weighted by Crippen LogP contribution is -2.27. The number of amides is 1. The minimum Gasteiger partial charge on any atom is -0.507 e. The number of halogens is 1. The highest BCUT2D eigenvalue weighted by molar-refractivity contribution is 9.10. The average Bonchev–Trinajstić information content (AvgIpc) is 3.21. The molecule has 0 spiro atoms. The number of aliphatic imine (C=N–C) groups is 1. The molecule has 1 amide bonds. The van der Waals surface area contributed by atoms with E-state index in [1.165, 1.54) is 17.3 Å². The maximum atomic E-state index is 12.1. The predicted molar refractivity (Wildman–Crippen MR) is 137 cm³/mol. The van der Waals surface area contributed by atoms with Crippen LogP contribution < -0.4 is 5.32 Å². The molecule has 4 rings (SSSR count). The van der Waals surface area contributed by atoms with Crippen LogP contribution in [0.5, 0.6) is 5.75 Å². The van der Waals surface area contributed by atoms with Gasteiger partial charge in [-0.25, -0.2) is 4.98 Å². The van der Waals surface area contributed by atoms with E-state index in [1.807, 2.05) is 42.5 Å². The second kappa shape index (κ2) is 10.8. The molecule has 0 aliphatic carbocycles. The minimum absolute atomic E-state index is 0.00399. The van der Waals surface area contributed by atoms with Crippen LogP contribution in [0.4, 0.5) is 5.69 Å². The zero-order valence-corrected chi connectivity index (χ0v) is 20.2. The summed E-state index contributed by atoms with van der Waals surface area (Å²) in [5, 5.41) is 12.9. The lowest BCUT2D eigenvalue weighted by molar-refractivity contribution is -0.118. The fraction of sp³-hybridized carbons (Fsp3) is 0.125. The number of fused-ring (bicyclic) bond motifs is 1. The average molecular weight is 526 g/mol. The Labute approximate surface area is 202 Å². The van der Waals surface area contributed by atoms with Gasteiger partial charge < -0.3 is 10.4 Å². The third kappa shape index (κ3) is 6.18. The summed E-state index contributed by atoms with van der Waals surface area (Å²) in [4.78, 5) is 21.2. The fourth-order valence-corrected chi connectivity index (χ4v) is 5.29. The first-order chi connectivity index (χ1) is 15.6. The van der Waals surface area contributed by atoms with Gasteiger partial charge in [-0.15, -0.1) is 11.3 Å². The number of carbonyl (C=O) groups excluding carboxylic acids is 1. The van der Waals surface area contributed by atoms with Crippen LogP contribution in [0.1, 0.15) is 11.1 Å². The number of nitrogens with one attached hydrogen (secondary N) is 1. The predicted octanol–water partition coefficient (Wildman–Crippen LogP) is 5.97. The molecule has 0 atom stereocenters. The van der Waals surface area contributed by atoms with Crippen LogP contribution in [0, 0.1) is 0 Å². The molecule has 4 aromatic rings. The molecule has 1 aromatic heterocycles. The van der Waals surface area contributed by atoms with Crippen molar-refractivity contribution in [2.75, 3.05) is 12.3 Å². The quantitative estimate of drug-likeness (QED) is 0.219. The van der Waals surface area contributed by atoms with Crippen LogP contribution in [-0.2, 0) is 11.2 Å². The van der Waals surface area contributed by atoms with Crippen molar-refractivity contribution < 1.29 is 9.90 Å². The molecular weight excluding hydrogens is 506 g/mol. The van der Waals surface area contributed by atoms with Gasteiger partial charge in [0, 0.05) is 22.8 Å². The molecule has 0 unspecified atom stereocenters. The van der Waals surface area contributed by atoms with Crippen molar-refractivity contribution in [1.29, 1.82) is 0 Å². The SMILES string of the molecule is O=C(CSc1nc2ccc(N=Cc3cc(Br)ccc3O)cc2s1)NCCc1ccccc1. The summed E-state index contributed by atoms with van der Waals surface area (Å²) < 4.78 is 2.73. The fourth-order valence-electron chi connectivity index (χ4n) is 2.98. The standard InChI is InChI=1S/C24H20BrN3O2S2/c25-18-6-9-21(29)17(12-18)14-27-19-7-8-20-22(13-19)32-24(28-20)31-15-23(30)26-11-10-16-4-2-1-3-5-16/h1-9,12-14,29H,10-11,15H2,(H,26,30).